The highest BCUT2D eigenvalue weighted by atomic mass is 16.7. The minimum Gasteiger partial charge on any atom is -0.467 e. The van der Waals surface area contributed by atoms with Crippen molar-refractivity contribution in [2.24, 2.45) is 0 Å². The number of H-pyrrole nitrogens is 1. The van der Waals surface area contributed by atoms with Crippen LogP contribution in [0.25, 0.3) is 10.9 Å². The summed E-state index contributed by atoms with van der Waals surface area (Å²) in [6.45, 7) is 5.72. The van der Waals surface area contributed by atoms with Gasteiger partial charge in [-0.05, 0) is 77.2 Å². The van der Waals surface area contributed by atoms with Gasteiger partial charge in [-0.1, -0.05) is 24.6 Å². The normalized spacial score (nSPS) is 13.4. The van der Waals surface area contributed by atoms with E-state index in [1.165, 1.54) is 0 Å². The van der Waals surface area contributed by atoms with Crippen LogP contribution in [-0.4, -0.2) is 36.9 Å². The Morgan fingerprint density at radius 1 is 1.08 bits per heavy atom. The average molecular weight is 513 g/mol. The SMILES string of the molecule is CCC(c1nnnn1Cc1ccco1)N(Cc1ccc2c(c1)OCO2)Cc1cc2cc(C)ccc2[nH]c1=O. The Morgan fingerprint density at radius 3 is 2.82 bits per heavy atom. The standard InChI is InChI=1S/C28H28N6O4/c1-3-24(27-30-31-32-34(27)16-22-5-4-10-36-22)33(14-19-7-9-25-26(12-19)38-17-37-25)15-21-13-20-11-18(2)6-8-23(20)29-28(21)35/h4-13,24H,3,14-17H2,1-2H3,(H,29,35). The molecule has 0 spiro atoms. The highest BCUT2D eigenvalue weighted by molar-refractivity contribution is 5.79. The number of nitrogens with zero attached hydrogens (tertiary/aromatic N) is 5. The lowest BCUT2D eigenvalue weighted by atomic mass is 10.1. The second-order valence-electron chi connectivity index (χ2n) is 9.51. The van der Waals surface area contributed by atoms with Crippen molar-refractivity contribution in [1.29, 1.82) is 0 Å². The number of hydrogen-bond donors (Lipinski definition) is 1. The van der Waals surface area contributed by atoms with Crippen LogP contribution >= 0.6 is 0 Å². The van der Waals surface area contributed by atoms with Crippen LogP contribution in [0, 0.1) is 6.92 Å². The number of benzene rings is 2. The number of tetrazole rings is 1. The average Bonchev–Trinajstić information content (AvgIpc) is 3.68. The van der Waals surface area contributed by atoms with Crippen molar-refractivity contribution in [3.05, 3.63) is 99.5 Å². The molecule has 4 heterocycles. The molecule has 6 rings (SSSR count). The third-order valence-corrected chi connectivity index (χ3v) is 6.84. The van der Waals surface area contributed by atoms with E-state index < -0.39 is 0 Å². The van der Waals surface area contributed by atoms with E-state index in [1.54, 1.807) is 10.9 Å². The van der Waals surface area contributed by atoms with E-state index in [0.29, 0.717) is 31.0 Å². The molecule has 2 aromatic carbocycles. The fraction of sp³-hybridized carbons (Fsp3) is 0.286. The Kier molecular flexibility index (Phi) is 6.38. The number of ether oxygens (including phenoxy) is 2. The molecule has 10 nitrogen and oxygen atoms in total. The summed E-state index contributed by atoms with van der Waals surface area (Å²) < 4.78 is 18.4. The molecule has 1 N–H and O–H groups in total. The first kappa shape index (κ1) is 23.9. The maximum atomic E-state index is 13.2. The predicted molar refractivity (Wildman–Crippen MR) is 140 cm³/mol. The van der Waals surface area contributed by atoms with Gasteiger partial charge < -0.3 is 18.9 Å². The van der Waals surface area contributed by atoms with Crippen LogP contribution in [0.5, 0.6) is 11.5 Å². The van der Waals surface area contributed by atoms with Crippen molar-refractivity contribution >= 4 is 10.9 Å². The van der Waals surface area contributed by atoms with Gasteiger partial charge in [0.25, 0.3) is 5.56 Å². The molecule has 0 bridgehead atoms. The number of aromatic amines is 1. The molecule has 5 aromatic rings. The second kappa shape index (κ2) is 10.1. The number of hydrogen-bond acceptors (Lipinski definition) is 8. The molecule has 0 aliphatic carbocycles. The van der Waals surface area contributed by atoms with E-state index in [9.17, 15) is 4.79 Å². The molecule has 0 saturated carbocycles. The Labute approximate surface area is 218 Å². The summed E-state index contributed by atoms with van der Waals surface area (Å²) in [6, 6.07) is 17.5. The van der Waals surface area contributed by atoms with Gasteiger partial charge in [0.15, 0.2) is 17.3 Å². The molecule has 1 aliphatic heterocycles. The van der Waals surface area contributed by atoms with Crippen LogP contribution in [0.15, 0.2) is 70.1 Å². The maximum Gasteiger partial charge on any atom is 0.252 e. The predicted octanol–water partition coefficient (Wildman–Crippen LogP) is 4.35. The number of aryl methyl sites for hydroxylation is 1. The molecule has 1 atom stereocenters. The van der Waals surface area contributed by atoms with E-state index in [2.05, 4.69) is 38.4 Å². The van der Waals surface area contributed by atoms with Crippen LogP contribution in [0.4, 0.5) is 0 Å². The summed E-state index contributed by atoms with van der Waals surface area (Å²) in [5, 5.41) is 13.6. The van der Waals surface area contributed by atoms with Gasteiger partial charge in [0, 0.05) is 24.2 Å². The molecule has 0 fully saturated rings. The monoisotopic (exact) mass is 512 g/mol. The van der Waals surface area contributed by atoms with E-state index >= 15 is 0 Å². The molecular weight excluding hydrogens is 484 g/mol. The van der Waals surface area contributed by atoms with Gasteiger partial charge in [0.2, 0.25) is 6.79 Å². The lowest BCUT2D eigenvalue weighted by Gasteiger charge is -2.30. The minimum absolute atomic E-state index is 0.109. The highest BCUT2D eigenvalue weighted by Crippen LogP contribution is 2.34. The van der Waals surface area contributed by atoms with Crippen LogP contribution in [0.3, 0.4) is 0 Å². The summed E-state index contributed by atoms with van der Waals surface area (Å²) in [6.07, 6.45) is 2.37. The molecule has 194 valence electrons. The Hall–Kier alpha value is -4.44. The zero-order valence-corrected chi connectivity index (χ0v) is 21.3. The van der Waals surface area contributed by atoms with E-state index in [4.69, 9.17) is 13.9 Å². The smallest absolute Gasteiger partial charge is 0.252 e. The molecule has 0 amide bonds. The lowest BCUT2D eigenvalue weighted by molar-refractivity contribution is 0.160. The zero-order chi connectivity index (χ0) is 26.1. The van der Waals surface area contributed by atoms with Crippen LogP contribution < -0.4 is 15.0 Å². The van der Waals surface area contributed by atoms with Gasteiger partial charge in [-0.2, -0.15) is 0 Å². The maximum absolute atomic E-state index is 13.2. The molecule has 0 saturated heterocycles. The summed E-state index contributed by atoms with van der Waals surface area (Å²) in [4.78, 5) is 18.4. The molecular formula is C28H28N6O4. The van der Waals surface area contributed by atoms with Gasteiger partial charge in [0.1, 0.15) is 12.3 Å². The summed E-state index contributed by atoms with van der Waals surface area (Å²) in [5.41, 5.74) is 3.55. The van der Waals surface area contributed by atoms with Gasteiger partial charge >= 0.3 is 0 Å². The van der Waals surface area contributed by atoms with E-state index in [-0.39, 0.29) is 18.4 Å². The molecule has 10 heteroatoms. The first-order chi connectivity index (χ1) is 18.6. The first-order valence-electron chi connectivity index (χ1n) is 12.6. The second-order valence-corrected chi connectivity index (χ2v) is 9.51. The number of aromatic nitrogens is 5. The van der Waals surface area contributed by atoms with Crippen molar-refractivity contribution in [1.82, 2.24) is 30.1 Å². The number of nitrogens with one attached hydrogen (secondary N) is 1. The lowest BCUT2D eigenvalue weighted by Crippen LogP contribution is -2.32. The van der Waals surface area contributed by atoms with Gasteiger partial charge in [0.05, 0.1) is 12.3 Å². The van der Waals surface area contributed by atoms with Crippen molar-refractivity contribution in [2.75, 3.05) is 6.79 Å². The summed E-state index contributed by atoms with van der Waals surface area (Å²) in [7, 11) is 0. The third-order valence-electron chi connectivity index (χ3n) is 6.84. The van der Waals surface area contributed by atoms with Gasteiger partial charge in [-0.25, -0.2) is 4.68 Å². The van der Waals surface area contributed by atoms with Crippen molar-refractivity contribution in [2.45, 2.75) is 45.9 Å². The van der Waals surface area contributed by atoms with Crippen LogP contribution in [0.1, 0.15) is 47.7 Å². The largest absolute Gasteiger partial charge is 0.467 e. The van der Waals surface area contributed by atoms with Gasteiger partial charge in [-0.15, -0.1) is 5.10 Å². The minimum atomic E-state index is -0.169. The summed E-state index contributed by atoms with van der Waals surface area (Å²) >= 11 is 0. The Bertz CT molecular complexity index is 1620. The van der Waals surface area contributed by atoms with Crippen molar-refractivity contribution in [3.63, 3.8) is 0 Å². The summed E-state index contributed by atoms with van der Waals surface area (Å²) in [5.74, 6) is 2.92. The van der Waals surface area contributed by atoms with E-state index in [0.717, 1.165) is 45.7 Å². The number of fused-ring (bicyclic) bond motifs is 2. The van der Waals surface area contributed by atoms with Crippen LogP contribution in [0.2, 0.25) is 0 Å². The zero-order valence-electron chi connectivity index (χ0n) is 21.3. The molecule has 3 aromatic heterocycles. The highest BCUT2D eigenvalue weighted by Gasteiger charge is 2.27. The van der Waals surface area contributed by atoms with Crippen molar-refractivity contribution in [3.8, 4) is 11.5 Å². The fourth-order valence-corrected chi connectivity index (χ4v) is 4.97. The number of pyridine rings is 1. The van der Waals surface area contributed by atoms with Crippen molar-refractivity contribution < 1.29 is 13.9 Å². The first-order valence-corrected chi connectivity index (χ1v) is 12.6. The Morgan fingerprint density at radius 2 is 1.97 bits per heavy atom. The Balaban J connectivity index is 1.38. The van der Waals surface area contributed by atoms with E-state index in [1.807, 2.05) is 55.5 Å². The van der Waals surface area contributed by atoms with Crippen LogP contribution in [-0.2, 0) is 19.6 Å². The molecule has 1 unspecified atom stereocenters. The number of furan rings is 1. The van der Waals surface area contributed by atoms with Gasteiger partial charge in [-0.3, -0.25) is 9.69 Å². The number of rotatable bonds is 9. The molecule has 38 heavy (non-hydrogen) atoms. The quantitative estimate of drug-likeness (QED) is 0.310. The molecule has 1 aliphatic rings. The topological polar surface area (TPSA) is 111 Å². The fourth-order valence-electron chi connectivity index (χ4n) is 4.97. The third kappa shape index (κ3) is 4.78. The molecule has 0 radical (unpaired) electrons.